The van der Waals surface area contributed by atoms with Crippen LogP contribution in [0, 0.1) is 0 Å². The van der Waals surface area contributed by atoms with E-state index in [-0.39, 0.29) is 23.4 Å². The Bertz CT molecular complexity index is 802. The Hall–Kier alpha value is -2.06. The van der Waals surface area contributed by atoms with E-state index < -0.39 is 0 Å². The quantitative estimate of drug-likeness (QED) is 0.543. The molecular formula is C18H24N4O3S. The number of carbonyl (C=O) groups excluding carboxylic acids is 1. The fourth-order valence-corrected chi connectivity index (χ4v) is 4.03. The maximum Gasteiger partial charge on any atom is 0.343 e. The van der Waals surface area contributed by atoms with Crippen molar-refractivity contribution in [2.24, 2.45) is 0 Å². The molecule has 0 saturated heterocycles. The molecule has 0 fully saturated rings. The molecule has 1 atom stereocenters. The molecule has 1 aliphatic carbocycles. The van der Waals surface area contributed by atoms with Gasteiger partial charge in [-0.2, -0.15) is 0 Å². The van der Waals surface area contributed by atoms with Gasteiger partial charge in [0.05, 0.1) is 11.8 Å². The summed E-state index contributed by atoms with van der Waals surface area (Å²) in [6.45, 7) is 1.09. The first-order valence-electron chi connectivity index (χ1n) is 8.83. The first kappa shape index (κ1) is 18.7. The standard InChI is InChI=1S/C18H24N4O3S/c1-25-11-5-10-22-17(24)20-21-18(22)26-12-16(23)19-15-9-4-7-13-6-2-3-8-14(13)15/h2-3,6,8,15H,4-5,7,9-12H2,1H3,(H,19,23)(H,20,24)/t15-/m0/s1. The van der Waals surface area contributed by atoms with Crippen molar-refractivity contribution in [1.82, 2.24) is 20.1 Å². The number of fused-ring (bicyclic) bond motifs is 1. The van der Waals surface area contributed by atoms with Crippen LogP contribution < -0.4 is 11.0 Å². The molecule has 2 N–H and O–H groups in total. The molecule has 0 bridgehead atoms. The Morgan fingerprint density at radius 3 is 3.15 bits per heavy atom. The van der Waals surface area contributed by atoms with Gasteiger partial charge in [-0.05, 0) is 36.8 Å². The lowest BCUT2D eigenvalue weighted by atomic mass is 9.88. The number of ether oxygens (including phenoxy) is 1. The molecule has 0 aliphatic heterocycles. The van der Waals surface area contributed by atoms with E-state index in [1.165, 1.54) is 22.9 Å². The van der Waals surface area contributed by atoms with Crippen LogP contribution in [0.25, 0.3) is 0 Å². The van der Waals surface area contributed by atoms with Crippen molar-refractivity contribution in [2.45, 2.75) is 43.4 Å². The minimum atomic E-state index is -0.259. The van der Waals surface area contributed by atoms with Crippen LogP contribution in [0.5, 0.6) is 0 Å². The highest BCUT2D eigenvalue weighted by atomic mass is 32.2. The van der Waals surface area contributed by atoms with Crippen LogP contribution in [0.3, 0.4) is 0 Å². The molecule has 0 spiro atoms. The Balaban J connectivity index is 1.56. The Morgan fingerprint density at radius 2 is 2.31 bits per heavy atom. The van der Waals surface area contributed by atoms with Crippen molar-refractivity contribution in [3.8, 4) is 0 Å². The number of aromatic nitrogens is 3. The number of benzene rings is 1. The van der Waals surface area contributed by atoms with Crippen LogP contribution in [0.2, 0.25) is 0 Å². The average molecular weight is 376 g/mol. The van der Waals surface area contributed by atoms with Crippen molar-refractivity contribution >= 4 is 17.7 Å². The second kappa shape index (κ2) is 9.05. The zero-order valence-corrected chi connectivity index (χ0v) is 15.7. The monoisotopic (exact) mass is 376 g/mol. The zero-order chi connectivity index (χ0) is 18.4. The Kier molecular flexibility index (Phi) is 6.51. The molecule has 0 unspecified atom stereocenters. The van der Waals surface area contributed by atoms with Crippen LogP contribution in [0.15, 0.2) is 34.2 Å². The number of aryl methyl sites for hydroxylation is 1. The number of hydrogen-bond donors (Lipinski definition) is 2. The van der Waals surface area contributed by atoms with Crippen molar-refractivity contribution in [3.63, 3.8) is 0 Å². The summed E-state index contributed by atoms with van der Waals surface area (Å²) >= 11 is 1.27. The smallest absolute Gasteiger partial charge is 0.343 e. The van der Waals surface area contributed by atoms with E-state index in [1.807, 2.05) is 12.1 Å². The molecule has 3 rings (SSSR count). The van der Waals surface area contributed by atoms with E-state index in [2.05, 4.69) is 27.6 Å². The third-order valence-corrected chi connectivity index (χ3v) is 5.47. The summed E-state index contributed by atoms with van der Waals surface area (Å²) in [6.07, 6.45) is 3.82. The van der Waals surface area contributed by atoms with Gasteiger partial charge >= 0.3 is 5.69 Å². The van der Waals surface area contributed by atoms with E-state index in [9.17, 15) is 9.59 Å². The molecule has 7 nitrogen and oxygen atoms in total. The highest BCUT2D eigenvalue weighted by molar-refractivity contribution is 7.99. The van der Waals surface area contributed by atoms with Gasteiger partial charge in [-0.15, -0.1) is 5.10 Å². The lowest BCUT2D eigenvalue weighted by molar-refractivity contribution is -0.119. The summed E-state index contributed by atoms with van der Waals surface area (Å²) in [7, 11) is 1.63. The van der Waals surface area contributed by atoms with Gasteiger partial charge in [-0.3, -0.25) is 9.36 Å². The summed E-state index contributed by atoms with van der Waals surface area (Å²) in [5, 5.41) is 10.1. The number of amides is 1. The summed E-state index contributed by atoms with van der Waals surface area (Å²) in [5.74, 6) is 0.184. The summed E-state index contributed by atoms with van der Waals surface area (Å²) in [5.41, 5.74) is 2.27. The second-order valence-corrected chi connectivity index (χ2v) is 7.25. The molecule has 1 aromatic carbocycles. The van der Waals surface area contributed by atoms with Crippen molar-refractivity contribution in [3.05, 3.63) is 45.9 Å². The van der Waals surface area contributed by atoms with Crippen LogP contribution in [-0.4, -0.2) is 40.1 Å². The third kappa shape index (κ3) is 4.56. The summed E-state index contributed by atoms with van der Waals surface area (Å²) in [6, 6.07) is 8.34. The van der Waals surface area contributed by atoms with Crippen molar-refractivity contribution < 1.29 is 9.53 Å². The average Bonchev–Trinajstić information content (AvgIpc) is 3.00. The Morgan fingerprint density at radius 1 is 1.46 bits per heavy atom. The fraction of sp³-hybridized carbons (Fsp3) is 0.500. The zero-order valence-electron chi connectivity index (χ0n) is 14.9. The lowest BCUT2D eigenvalue weighted by Crippen LogP contribution is -2.32. The molecule has 26 heavy (non-hydrogen) atoms. The molecule has 140 valence electrons. The predicted octanol–water partition coefficient (Wildman–Crippen LogP) is 1.89. The number of thioether (sulfide) groups is 1. The van der Waals surface area contributed by atoms with Crippen LogP contribution in [-0.2, 0) is 22.5 Å². The summed E-state index contributed by atoms with van der Waals surface area (Å²) in [4.78, 5) is 24.2. The van der Waals surface area contributed by atoms with Gasteiger partial charge in [-0.1, -0.05) is 36.0 Å². The third-order valence-electron chi connectivity index (χ3n) is 4.49. The van der Waals surface area contributed by atoms with Gasteiger partial charge in [0.25, 0.3) is 0 Å². The molecule has 1 aromatic heterocycles. The first-order valence-corrected chi connectivity index (χ1v) is 9.81. The van der Waals surface area contributed by atoms with Gasteiger partial charge in [0.15, 0.2) is 5.16 Å². The highest BCUT2D eigenvalue weighted by Gasteiger charge is 2.21. The number of aromatic amines is 1. The number of methoxy groups -OCH3 is 1. The minimum Gasteiger partial charge on any atom is -0.385 e. The van der Waals surface area contributed by atoms with Gasteiger partial charge in [0.2, 0.25) is 5.91 Å². The van der Waals surface area contributed by atoms with E-state index >= 15 is 0 Å². The van der Waals surface area contributed by atoms with E-state index in [0.717, 1.165) is 19.3 Å². The van der Waals surface area contributed by atoms with Gasteiger partial charge < -0.3 is 10.1 Å². The number of rotatable bonds is 8. The number of hydrogen-bond acceptors (Lipinski definition) is 5. The van der Waals surface area contributed by atoms with Crippen LogP contribution in [0.1, 0.15) is 36.4 Å². The van der Waals surface area contributed by atoms with Gasteiger partial charge in [0, 0.05) is 20.3 Å². The maximum atomic E-state index is 12.4. The van der Waals surface area contributed by atoms with Gasteiger partial charge in [0.1, 0.15) is 0 Å². The largest absolute Gasteiger partial charge is 0.385 e. The molecular weight excluding hydrogens is 352 g/mol. The Labute approximate surface area is 156 Å². The number of carbonyl (C=O) groups is 1. The predicted molar refractivity (Wildman–Crippen MR) is 100 cm³/mol. The second-order valence-electron chi connectivity index (χ2n) is 6.31. The van der Waals surface area contributed by atoms with Gasteiger partial charge in [-0.25, -0.2) is 9.89 Å². The lowest BCUT2D eigenvalue weighted by Gasteiger charge is -2.26. The minimum absolute atomic E-state index is 0.0457. The molecule has 0 saturated carbocycles. The van der Waals surface area contributed by atoms with E-state index in [1.54, 1.807) is 11.7 Å². The summed E-state index contributed by atoms with van der Waals surface area (Å²) < 4.78 is 6.56. The first-order chi connectivity index (χ1) is 12.7. The molecule has 1 heterocycles. The van der Waals surface area contributed by atoms with Crippen LogP contribution >= 0.6 is 11.8 Å². The molecule has 0 radical (unpaired) electrons. The van der Waals surface area contributed by atoms with Crippen molar-refractivity contribution in [2.75, 3.05) is 19.5 Å². The molecule has 8 heteroatoms. The highest BCUT2D eigenvalue weighted by Crippen LogP contribution is 2.29. The van der Waals surface area contributed by atoms with E-state index in [0.29, 0.717) is 24.7 Å². The number of H-pyrrole nitrogens is 1. The van der Waals surface area contributed by atoms with E-state index in [4.69, 9.17) is 4.74 Å². The molecule has 2 aromatic rings. The van der Waals surface area contributed by atoms with Crippen LogP contribution in [0.4, 0.5) is 0 Å². The SMILES string of the molecule is COCCCn1c(SCC(=O)N[C@H]2CCCc3ccccc32)n[nH]c1=O. The number of nitrogens with one attached hydrogen (secondary N) is 2. The molecule has 1 amide bonds. The fourth-order valence-electron chi connectivity index (χ4n) is 3.25. The maximum absolute atomic E-state index is 12.4. The van der Waals surface area contributed by atoms with Crippen molar-refractivity contribution in [1.29, 1.82) is 0 Å². The number of nitrogens with zero attached hydrogens (tertiary/aromatic N) is 2. The topological polar surface area (TPSA) is 89.0 Å². The normalized spacial score (nSPS) is 16.3. The molecule has 1 aliphatic rings.